The first-order chi connectivity index (χ1) is 13.5. The number of thioether (sulfide) groups is 1. The first kappa shape index (κ1) is 19.7. The van der Waals surface area contributed by atoms with Crippen LogP contribution in [-0.2, 0) is 17.9 Å². The van der Waals surface area contributed by atoms with Crippen LogP contribution in [0.15, 0.2) is 59.8 Å². The van der Waals surface area contributed by atoms with E-state index in [4.69, 9.17) is 10.6 Å². The van der Waals surface area contributed by atoms with Gasteiger partial charge in [-0.25, -0.2) is 9.07 Å². The van der Waals surface area contributed by atoms with Crippen molar-refractivity contribution in [1.29, 1.82) is 0 Å². The number of hydrogen-bond acceptors (Lipinski definition) is 6. The minimum atomic E-state index is -0.402. The summed E-state index contributed by atoms with van der Waals surface area (Å²) in [5.74, 6) is 6.43. The van der Waals surface area contributed by atoms with E-state index in [2.05, 4.69) is 15.5 Å². The van der Waals surface area contributed by atoms with Gasteiger partial charge in [-0.2, -0.15) is 0 Å². The smallest absolute Gasteiger partial charge is 0.233 e. The largest absolute Gasteiger partial charge is 0.486 e. The van der Waals surface area contributed by atoms with Gasteiger partial charge in [0.05, 0.1) is 5.25 Å². The Bertz CT molecular complexity index is 918. The van der Waals surface area contributed by atoms with Crippen LogP contribution in [0, 0.1) is 5.82 Å². The van der Waals surface area contributed by atoms with Gasteiger partial charge in [0.1, 0.15) is 18.2 Å². The maximum Gasteiger partial charge on any atom is 0.233 e. The number of nitrogen functional groups attached to an aromatic ring is 1. The summed E-state index contributed by atoms with van der Waals surface area (Å²) in [6.07, 6.45) is 0. The third-order valence-corrected chi connectivity index (χ3v) is 4.93. The number of rotatable bonds is 8. The summed E-state index contributed by atoms with van der Waals surface area (Å²) in [6, 6.07) is 15.3. The molecule has 9 heteroatoms. The fourth-order valence-corrected chi connectivity index (χ4v) is 3.12. The van der Waals surface area contributed by atoms with Crippen molar-refractivity contribution in [3.05, 3.63) is 71.8 Å². The van der Waals surface area contributed by atoms with Gasteiger partial charge in [-0.05, 0) is 36.8 Å². The fourth-order valence-electron chi connectivity index (χ4n) is 2.31. The molecule has 1 aromatic heterocycles. The number of hydrogen-bond donors (Lipinski definition) is 2. The van der Waals surface area contributed by atoms with Crippen LogP contribution in [0.3, 0.4) is 0 Å². The van der Waals surface area contributed by atoms with Crippen LogP contribution in [0.2, 0.25) is 0 Å². The van der Waals surface area contributed by atoms with Gasteiger partial charge in [-0.3, -0.25) is 4.79 Å². The Kier molecular flexibility index (Phi) is 6.49. The zero-order chi connectivity index (χ0) is 19.9. The van der Waals surface area contributed by atoms with Crippen LogP contribution in [0.4, 0.5) is 4.39 Å². The van der Waals surface area contributed by atoms with Crippen molar-refractivity contribution in [3.63, 3.8) is 0 Å². The van der Waals surface area contributed by atoms with Crippen LogP contribution in [0.1, 0.15) is 18.3 Å². The zero-order valence-electron chi connectivity index (χ0n) is 15.2. The highest BCUT2D eigenvalue weighted by Gasteiger charge is 2.19. The Morgan fingerprint density at radius 2 is 1.93 bits per heavy atom. The van der Waals surface area contributed by atoms with Crippen LogP contribution < -0.4 is 15.9 Å². The standard InChI is InChI=1S/C19H20FN5O2S/c1-13(18(26)22-11-14-5-3-2-4-6-14)28-19-24-23-17(25(19)21)12-27-16-9-7-15(20)8-10-16/h2-10,13H,11-12,21H2,1H3,(H,22,26). The minimum Gasteiger partial charge on any atom is -0.486 e. The molecule has 1 atom stereocenters. The third kappa shape index (κ3) is 5.23. The highest BCUT2D eigenvalue weighted by atomic mass is 32.2. The van der Waals surface area contributed by atoms with Crippen LogP contribution in [0.25, 0.3) is 0 Å². The first-order valence-electron chi connectivity index (χ1n) is 8.59. The van der Waals surface area contributed by atoms with E-state index in [0.717, 1.165) is 5.56 Å². The van der Waals surface area contributed by atoms with Gasteiger partial charge in [0, 0.05) is 6.54 Å². The number of ether oxygens (including phenoxy) is 1. The number of benzene rings is 2. The van der Waals surface area contributed by atoms with Gasteiger partial charge in [-0.1, -0.05) is 42.1 Å². The summed E-state index contributed by atoms with van der Waals surface area (Å²) in [7, 11) is 0. The van der Waals surface area contributed by atoms with E-state index in [1.54, 1.807) is 6.92 Å². The number of nitrogens with one attached hydrogen (secondary N) is 1. The predicted molar refractivity (Wildman–Crippen MR) is 105 cm³/mol. The van der Waals surface area contributed by atoms with Crippen molar-refractivity contribution in [3.8, 4) is 5.75 Å². The SMILES string of the molecule is CC(Sc1nnc(COc2ccc(F)cc2)n1N)C(=O)NCc1ccccc1. The summed E-state index contributed by atoms with van der Waals surface area (Å²) < 4.78 is 19.7. The molecule has 2 aromatic carbocycles. The Balaban J connectivity index is 1.52. The second-order valence-electron chi connectivity index (χ2n) is 5.97. The average molecular weight is 401 g/mol. The number of halogens is 1. The second-order valence-corrected chi connectivity index (χ2v) is 7.28. The van der Waals surface area contributed by atoms with E-state index in [1.165, 1.54) is 40.7 Å². The fraction of sp³-hybridized carbons (Fsp3) is 0.211. The van der Waals surface area contributed by atoms with Crippen LogP contribution in [-0.4, -0.2) is 26.0 Å². The molecule has 0 aliphatic rings. The molecule has 3 aromatic rings. The number of nitrogens with zero attached hydrogens (tertiary/aromatic N) is 3. The lowest BCUT2D eigenvalue weighted by molar-refractivity contribution is -0.120. The van der Waals surface area contributed by atoms with Gasteiger partial charge < -0.3 is 15.9 Å². The normalized spacial score (nSPS) is 11.8. The number of nitrogens with two attached hydrogens (primary N) is 1. The van der Waals surface area contributed by atoms with Crippen molar-refractivity contribution in [2.24, 2.45) is 0 Å². The van der Waals surface area contributed by atoms with Crippen LogP contribution >= 0.6 is 11.8 Å². The summed E-state index contributed by atoms with van der Waals surface area (Å²) >= 11 is 1.21. The second kappa shape index (κ2) is 9.23. The predicted octanol–water partition coefficient (Wildman–Crippen LogP) is 2.51. The molecule has 7 nitrogen and oxygen atoms in total. The molecule has 0 radical (unpaired) electrons. The molecule has 0 bridgehead atoms. The summed E-state index contributed by atoms with van der Waals surface area (Å²) in [4.78, 5) is 12.3. The number of amides is 1. The Hall–Kier alpha value is -3.07. The van der Waals surface area contributed by atoms with E-state index in [-0.39, 0.29) is 18.3 Å². The Morgan fingerprint density at radius 3 is 2.64 bits per heavy atom. The number of aromatic nitrogens is 3. The molecule has 0 aliphatic carbocycles. The van der Waals surface area contributed by atoms with Gasteiger partial charge in [0.2, 0.25) is 11.1 Å². The highest BCUT2D eigenvalue weighted by molar-refractivity contribution is 8.00. The molecular formula is C19H20FN5O2S. The molecule has 0 saturated heterocycles. The van der Waals surface area contributed by atoms with Crippen molar-refractivity contribution in [1.82, 2.24) is 20.2 Å². The molecule has 0 spiro atoms. The van der Waals surface area contributed by atoms with Gasteiger partial charge in [0.25, 0.3) is 0 Å². The van der Waals surface area contributed by atoms with E-state index in [0.29, 0.717) is 23.3 Å². The molecule has 3 rings (SSSR count). The van der Waals surface area contributed by atoms with Crippen LogP contribution in [0.5, 0.6) is 5.75 Å². The van der Waals surface area contributed by atoms with E-state index < -0.39 is 5.25 Å². The molecule has 1 heterocycles. The molecule has 1 unspecified atom stereocenters. The molecule has 0 fully saturated rings. The zero-order valence-corrected chi connectivity index (χ0v) is 16.0. The monoisotopic (exact) mass is 401 g/mol. The van der Waals surface area contributed by atoms with E-state index in [9.17, 15) is 9.18 Å². The maximum atomic E-state index is 12.9. The lowest BCUT2D eigenvalue weighted by Crippen LogP contribution is -2.31. The molecule has 146 valence electrons. The van der Waals surface area contributed by atoms with Crippen molar-refractivity contribution < 1.29 is 13.9 Å². The quantitative estimate of drug-likeness (QED) is 0.445. The van der Waals surface area contributed by atoms with Crippen molar-refractivity contribution in [2.45, 2.75) is 30.5 Å². The number of carbonyl (C=O) groups is 1. The molecule has 28 heavy (non-hydrogen) atoms. The van der Waals surface area contributed by atoms with E-state index in [1.807, 2.05) is 30.3 Å². The highest BCUT2D eigenvalue weighted by Crippen LogP contribution is 2.21. The third-order valence-electron chi connectivity index (χ3n) is 3.88. The van der Waals surface area contributed by atoms with Gasteiger partial charge >= 0.3 is 0 Å². The maximum absolute atomic E-state index is 12.9. The summed E-state index contributed by atoms with van der Waals surface area (Å²) in [5, 5.41) is 10.9. The Labute approximate surface area is 166 Å². The molecule has 0 aliphatic heterocycles. The van der Waals surface area contributed by atoms with Crippen molar-refractivity contribution in [2.75, 3.05) is 5.84 Å². The molecule has 0 saturated carbocycles. The molecule has 1 amide bonds. The number of carbonyl (C=O) groups excluding carboxylic acids is 1. The average Bonchev–Trinajstić information content (AvgIpc) is 3.06. The van der Waals surface area contributed by atoms with Gasteiger partial charge in [0.15, 0.2) is 5.82 Å². The topological polar surface area (TPSA) is 95.1 Å². The van der Waals surface area contributed by atoms with E-state index >= 15 is 0 Å². The summed E-state index contributed by atoms with van der Waals surface area (Å²) in [5.41, 5.74) is 1.02. The minimum absolute atomic E-state index is 0.0737. The van der Waals surface area contributed by atoms with Crippen molar-refractivity contribution >= 4 is 17.7 Å². The molecular weight excluding hydrogens is 381 g/mol. The van der Waals surface area contributed by atoms with Gasteiger partial charge in [-0.15, -0.1) is 10.2 Å². The lowest BCUT2D eigenvalue weighted by Gasteiger charge is -2.11. The lowest BCUT2D eigenvalue weighted by atomic mass is 10.2. The first-order valence-corrected chi connectivity index (χ1v) is 9.47. The summed E-state index contributed by atoms with van der Waals surface area (Å²) in [6.45, 7) is 2.30. The Morgan fingerprint density at radius 1 is 1.21 bits per heavy atom. The molecule has 3 N–H and O–H groups in total.